The quantitative estimate of drug-likeness (QED) is 0.152. The maximum absolute atomic E-state index is 13.0. The van der Waals surface area contributed by atoms with Gasteiger partial charge in [-0.15, -0.1) is 0 Å². The molecule has 1 unspecified atom stereocenters. The molecule has 0 spiro atoms. The van der Waals surface area contributed by atoms with Crippen molar-refractivity contribution in [3.8, 4) is 0 Å². The molecule has 17 atom stereocenters. The summed E-state index contributed by atoms with van der Waals surface area (Å²) in [6.07, 6.45) is -4.31. The van der Waals surface area contributed by atoms with Crippen LogP contribution in [0.5, 0.6) is 0 Å². The largest absolute Gasteiger partial charge is 0.481 e. The summed E-state index contributed by atoms with van der Waals surface area (Å²) in [6.45, 7) is 15.9. The van der Waals surface area contributed by atoms with Gasteiger partial charge in [-0.2, -0.15) is 0 Å². The number of carbonyl (C=O) groups is 2. The molecule has 7 aliphatic rings. The summed E-state index contributed by atoms with van der Waals surface area (Å²) in [5.41, 5.74) is 0.0561. The number of hydrogen-bond donors (Lipinski definition) is 7. The zero-order valence-electron chi connectivity index (χ0n) is 32.9. The van der Waals surface area contributed by atoms with Gasteiger partial charge in [0, 0.05) is 0 Å². The van der Waals surface area contributed by atoms with Crippen molar-refractivity contribution in [3.05, 3.63) is 11.6 Å². The second-order valence-corrected chi connectivity index (χ2v) is 20.3. The molecular formula is C41H64O13. The minimum Gasteiger partial charge on any atom is -0.481 e. The number of allylic oxidation sites excluding steroid dienone is 2. The molecule has 306 valence electrons. The van der Waals surface area contributed by atoms with Crippen LogP contribution in [0, 0.1) is 50.2 Å². The van der Waals surface area contributed by atoms with Gasteiger partial charge in [0.25, 0.3) is 0 Å². The first kappa shape index (κ1) is 40.5. The first-order valence-corrected chi connectivity index (χ1v) is 20.2. The van der Waals surface area contributed by atoms with E-state index in [1.165, 1.54) is 5.57 Å². The Balaban J connectivity index is 1.16. The molecule has 2 saturated heterocycles. The normalized spacial score (nSPS) is 52.4. The van der Waals surface area contributed by atoms with E-state index in [1.807, 2.05) is 0 Å². The smallest absolute Gasteiger partial charge is 0.335 e. The highest BCUT2D eigenvalue weighted by Crippen LogP contribution is 2.76. The van der Waals surface area contributed by atoms with Gasteiger partial charge in [-0.05, 0) is 109 Å². The lowest BCUT2D eigenvalue weighted by molar-refractivity contribution is -0.366. The standard InChI is InChI=1S/C41H64O13/c1-36(2)14-16-41(35(49)50)17-15-39(6)20(21(41)18-36)8-9-24-38(5)12-11-25(37(3,4)23(38)10-13-40(24,39)7)52-34-31(28(45)27(44)30(53-34)32(47)48)54-33-29(46)26(43)22(42)19-51-33/h8,21-31,33-34,42-46H,9-19H2,1-7H3,(H,47,48)(H,49,50)/t21?,22-,23+,24-,25+,26+,27+,28+,29-,30+,31-,33+,34-,38+,39-,40-,41+/m1/s1. The van der Waals surface area contributed by atoms with Crippen molar-refractivity contribution in [2.75, 3.05) is 6.61 Å². The highest BCUT2D eigenvalue weighted by atomic mass is 16.8. The van der Waals surface area contributed by atoms with E-state index in [-0.39, 0.29) is 40.1 Å². The SMILES string of the molecule is CC1(C)CC[C@]2(C(=O)O)CC[C@]3(C)C(=CC[C@@H]4[C@@]5(C)CC[C@H](O[C@@H]6O[C@H](C(=O)O)[C@@H](O)[C@H](O)[C@H]6O[C@@H]6OC[C@@H](O)[C@H](O)[C@H]6O)C(C)(C)[C@@H]5CC[C@]43C)C2C1. The molecule has 0 amide bonds. The molecule has 0 aromatic carbocycles. The third-order valence-electron chi connectivity index (χ3n) is 16.8. The summed E-state index contributed by atoms with van der Waals surface area (Å²) in [4.78, 5) is 25.2. The number of aliphatic hydroxyl groups excluding tert-OH is 5. The summed E-state index contributed by atoms with van der Waals surface area (Å²) in [5.74, 6) is -1.55. The number of ether oxygens (including phenoxy) is 4. The summed E-state index contributed by atoms with van der Waals surface area (Å²) in [5, 5.41) is 73.3. The molecular weight excluding hydrogens is 700 g/mol. The van der Waals surface area contributed by atoms with Gasteiger partial charge in [0.1, 0.15) is 36.6 Å². The van der Waals surface area contributed by atoms with Crippen LogP contribution in [0.4, 0.5) is 0 Å². The van der Waals surface area contributed by atoms with Crippen LogP contribution in [0.25, 0.3) is 0 Å². The van der Waals surface area contributed by atoms with Crippen molar-refractivity contribution in [1.29, 1.82) is 0 Å². The fourth-order valence-electron chi connectivity index (χ4n) is 13.4. The number of rotatable bonds is 6. The Labute approximate surface area is 318 Å². The van der Waals surface area contributed by atoms with Gasteiger partial charge in [-0.25, -0.2) is 4.79 Å². The van der Waals surface area contributed by atoms with Gasteiger partial charge in [0.05, 0.1) is 18.1 Å². The molecule has 13 nitrogen and oxygen atoms in total. The number of carboxylic acid groups (broad SMARTS) is 2. The summed E-state index contributed by atoms with van der Waals surface area (Å²) >= 11 is 0. The van der Waals surface area contributed by atoms with Crippen molar-refractivity contribution in [3.63, 3.8) is 0 Å². The monoisotopic (exact) mass is 764 g/mol. The Bertz CT molecular complexity index is 1510. The van der Waals surface area contributed by atoms with Gasteiger partial charge in [0.2, 0.25) is 0 Å². The highest BCUT2D eigenvalue weighted by Gasteiger charge is 2.69. The predicted octanol–water partition coefficient (Wildman–Crippen LogP) is 3.61. The average molecular weight is 765 g/mol. The van der Waals surface area contributed by atoms with Gasteiger partial charge in [-0.3, -0.25) is 4.79 Å². The Morgan fingerprint density at radius 1 is 0.759 bits per heavy atom. The molecule has 2 aliphatic heterocycles. The Morgan fingerprint density at radius 3 is 2.11 bits per heavy atom. The van der Waals surface area contributed by atoms with Gasteiger partial charge >= 0.3 is 11.9 Å². The number of aliphatic carboxylic acids is 2. The molecule has 54 heavy (non-hydrogen) atoms. The van der Waals surface area contributed by atoms with E-state index in [0.717, 1.165) is 51.4 Å². The van der Waals surface area contributed by atoms with E-state index < -0.39 is 84.2 Å². The molecule has 7 rings (SSSR count). The zero-order chi connectivity index (χ0) is 39.6. The molecule has 13 heteroatoms. The summed E-state index contributed by atoms with van der Waals surface area (Å²) in [6, 6.07) is 0. The first-order valence-electron chi connectivity index (χ1n) is 20.2. The molecule has 2 heterocycles. The third-order valence-corrected chi connectivity index (χ3v) is 16.8. The molecule has 0 radical (unpaired) electrons. The zero-order valence-corrected chi connectivity index (χ0v) is 32.9. The van der Waals surface area contributed by atoms with E-state index in [0.29, 0.717) is 18.8 Å². The van der Waals surface area contributed by atoms with Crippen LogP contribution in [-0.4, -0.2) is 116 Å². The molecule has 0 aromatic heterocycles. The van der Waals surface area contributed by atoms with Crippen LogP contribution < -0.4 is 0 Å². The van der Waals surface area contributed by atoms with E-state index in [1.54, 1.807) is 0 Å². The van der Waals surface area contributed by atoms with Crippen LogP contribution in [0.1, 0.15) is 113 Å². The van der Waals surface area contributed by atoms with Crippen molar-refractivity contribution in [1.82, 2.24) is 0 Å². The van der Waals surface area contributed by atoms with Crippen LogP contribution >= 0.6 is 0 Å². The minimum atomic E-state index is -1.88. The maximum atomic E-state index is 13.0. The second-order valence-electron chi connectivity index (χ2n) is 20.3. The Hall–Kier alpha value is -1.68. The number of carboxylic acids is 2. The molecule has 0 bridgehead atoms. The van der Waals surface area contributed by atoms with Crippen molar-refractivity contribution in [2.45, 2.75) is 174 Å². The average Bonchev–Trinajstić information content (AvgIpc) is 3.08. The number of fused-ring (bicyclic) bond motifs is 7. The fraction of sp³-hybridized carbons (Fsp3) is 0.902. The molecule has 6 fully saturated rings. The number of hydrogen-bond acceptors (Lipinski definition) is 11. The van der Waals surface area contributed by atoms with Crippen LogP contribution in [0.15, 0.2) is 11.6 Å². The van der Waals surface area contributed by atoms with E-state index in [2.05, 4.69) is 54.5 Å². The van der Waals surface area contributed by atoms with Gasteiger partial charge in [0.15, 0.2) is 18.7 Å². The summed E-state index contributed by atoms with van der Waals surface area (Å²) < 4.78 is 23.8. The van der Waals surface area contributed by atoms with Gasteiger partial charge in [-0.1, -0.05) is 60.1 Å². The predicted molar refractivity (Wildman–Crippen MR) is 192 cm³/mol. The van der Waals surface area contributed by atoms with E-state index in [4.69, 9.17) is 18.9 Å². The lowest BCUT2D eigenvalue weighted by Gasteiger charge is -2.71. The van der Waals surface area contributed by atoms with Crippen LogP contribution in [0.3, 0.4) is 0 Å². The van der Waals surface area contributed by atoms with E-state index in [9.17, 15) is 45.3 Å². The minimum absolute atomic E-state index is 0.0315. The van der Waals surface area contributed by atoms with Crippen LogP contribution in [-0.2, 0) is 28.5 Å². The van der Waals surface area contributed by atoms with Crippen LogP contribution in [0.2, 0.25) is 0 Å². The molecule has 4 saturated carbocycles. The highest BCUT2D eigenvalue weighted by molar-refractivity contribution is 5.76. The Kier molecular flexibility index (Phi) is 10.1. The second kappa shape index (κ2) is 13.4. The lowest BCUT2D eigenvalue weighted by atomic mass is 9.33. The van der Waals surface area contributed by atoms with Crippen molar-refractivity contribution >= 4 is 11.9 Å². The maximum Gasteiger partial charge on any atom is 0.335 e. The van der Waals surface area contributed by atoms with Crippen molar-refractivity contribution < 1.29 is 64.3 Å². The van der Waals surface area contributed by atoms with Crippen molar-refractivity contribution in [2.24, 2.45) is 50.2 Å². The Morgan fingerprint density at radius 2 is 1.44 bits per heavy atom. The number of aliphatic hydroxyl groups is 5. The molecule has 5 aliphatic carbocycles. The summed E-state index contributed by atoms with van der Waals surface area (Å²) in [7, 11) is 0. The van der Waals surface area contributed by atoms with Gasteiger partial charge < -0.3 is 54.7 Å². The van der Waals surface area contributed by atoms with E-state index >= 15 is 0 Å². The molecule has 0 aromatic rings. The fourth-order valence-corrected chi connectivity index (χ4v) is 13.4. The third kappa shape index (κ3) is 5.88. The molecule has 7 N–H and O–H groups in total. The first-order chi connectivity index (χ1) is 25.0. The topological polar surface area (TPSA) is 213 Å². The lowest BCUT2D eigenvalue weighted by Crippen LogP contribution is -2.67.